The van der Waals surface area contributed by atoms with Crippen LogP contribution in [0.2, 0.25) is 0 Å². The minimum absolute atomic E-state index is 0.0868. The number of hydrogen-bond acceptors (Lipinski definition) is 5. The summed E-state index contributed by atoms with van der Waals surface area (Å²) in [5, 5.41) is 14.6. The van der Waals surface area contributed by atoms with Crippen molar-refractivity contribution < 1.29 is 30.8 Å². The summed E-state index contributed by atoms with van der Waals surface area (Å²) in [6.45, 7) is 0. The van der Waals surface area contributed by atoms with Gasteiger partial charge in [-0.15, -0.1) is 0 Å². The molecule has 0 bridgehead atoms. The molecule has 1 fully saturated rings. The molecule has 0 spiro atoms. The third-order valence-electron chi connectivity index (χ3n) is 6.32. The van der Waals surface area contributed by atoms with Crippen LogP contribution in [-0.2, 0) is 21.1 Å². The second-order valence-electron chi connectivity index (χ2n) is 9.15. The van der Waals surface area contributed by atoms with Crippen molar-refractivity contribution in [3.05, 3.63) is 71.7 Å². The summed E-state index contributed by atoms with van der Waals surface area (Å²) < 4.78 is 81.2. The lowest BCUT2D eigenvalue weighted by Gasteiger charge is -2.28. The van der Waals surface area contributed by atoms with Crippen molar-refractivity contribution in [1.29, 1.82) is 5.26 Å². The number of aryl methyl sites for hydroxylation is 1. The first-order valence-electron chi connectivity index (χ1n) is 11.5. The molecule has 1 saturated carbocycles. The van der Waals surface area contributed by atoms with E-state index >= 15 is 0 Å². The van der Waals surface area contributed by atoms with Crippen LogP contribution in [-0.4, -0.2) is 48.6 Å². The summed E-state index contributed by atoms with van der Waals surface area (Å²) in [5.74, 6) is -3.09. The predicted molar refractivity (Wildman–Crippen MR) is 128 cm³/mol. The third kappa shape index (κ3) is 6.47. The number of amides is 1. The molecule has 4 rings (SSSR count). The molecule has 0 unspecified atom stereocenters. The Labute approximate surface area is 210 Å². The summed E-state index contributed by atoms with van der Waals surface area (Å²) in [6, 6.07) is 8.44. The smallest absolute Gasteiger partial charge is 0.361 e. The molecule has 7 nitrogen and oxygen atoms in total. The van der Waals surface area contributed by atoms with E-state index in [0.717, 1.165) is 35.2 Å². The van der Waals surface area contributed by atoms with Crippen molar-refractivity contribution in [3.8, 4) is 6.07 Å². The van der Waals surface area contributed by atoms with Gasteiger partial charge in [0.15, 0.2) is 9.84 Å². The van der Waals surface area contributed by atoms with Gasteiger partial charge >= 0.3 is 6.18 Å². The number of aromatic amines is 1. The lowest BCUT2D eigenvalue weighted by Crippen LogP contribution is -2.54. The van der Waals surface area contributed by atoms with Gasteiger partial charge in [-0.3, -0.25) is 10.1 Å². The summed E-state index contributed by atoms with van der Waals surface area (Å²) in [7, 11) is -4.04. The lowest BCUT2D eigenvalue weighted by atomic mass is 10.0. The first kappa shape index (κ1) is 26.6. The van der Waals surface area contributed by atoms with Crippen LogP contribution in [0.1, 0.15) is 30.0 Å². The summed E-state index contributed by atoms with van der Waals surface area (Å²) in [4.78, 5) is 16.0. The zero-order valence-electron chi connectivity index (χ0n) is 19.5. The highest BCUT2D eigenvalue weighted by Crippen LogP contribution is 2.36. The fourth-order valence-corrected chi connectivity index (χ4v) is 5.54. The quantitative estimate of drug-likeness (QED) is 0.342. The van der Waals surface area contributed by atoms with E-state index < -0.39 is 56.9 Å². The maximum atomic E-state index is 14.0. The van der Waals surface area contributed by atoms with Gasteiger partial charge in [-0.1, -0.05) is 30.3 Å². The van der Waals surface area contributed by atoms with Crippen LogP contribution in [0.25, 0.3) is 10.9 Å². The summed E-state index contributed by atoms with van der Waals surface area (Å²) in [5.41, 5.74) is -0.0697. The van der Waals surface area contributed by atoms with Crippen LogP contribution in [0.4, 0.5) is 17.6 Å². The average Bonchev–Trinajstić information content (AvgIpc) is 3.49. The van der Waals surface area contributed by atoms with E-state index in [1.165, 1.54) is 0 Å². The Morgan fingerprint density at radius 2 is 1.81 bits per heavy atom. The van der Waals surface area contributed by atoms with Crippen LogP contribution in [0.15, 0.2) is 54.7 Å². The van der Waals surface area contributed by atoms with E-state index in [1.807, 2.05) is 24.3 Å². The van der Waals surface area contributed by atoms with Gasteiger partial charge in [0.25, 0.3) is 0 Å². The Bertz CT molecular complexity index is 1420. The maximum absolute atomic E-state index is 14.0. The lowest BCUT2D eigenvalue weighted by molar-refractivity contribution is -0.160. The van der Waals surface area contributed by atoms with Gasteiger partial charge in [0.1, 0.15) is 23.4 Å². The van der Waals surface area contributed by atoms with Gasteiger partial charge in [-0.05, 0) is 48.6 Å². The zero-order chi connectivity index (χ0) is 26.8. The number of carbonyl (C=O) groups excluding carboxylic acids is 1. The molecule has 196 valence electrons. The molecule has 1 heterocycles. The minimum atomic E-state index is -4.92. The number of para-hydroxylation sites is 1. The SMILES string of the molecule is N#CC1(NC(=O)[C@H](CS(=O)(=O)CCc2c[nH]c3ccccc23)N[C@@H](c2ccc(F)cc2)C(F)(F)F)CC1. The van der Waals surface area contributed by atoms with Crippen LogP contribution in [0.5, 0.6) is 0 Å². The number of H-pyrrole nitrogens is 1. The predicted octanol–water partition coefficient (Wildman–Crippen LogP) is 3.70. The fraction of sp³-hybridized carbons (Fsp3) is 0.360. The van der Waals surface area contributed by atoms with E-state index in [4.69, 9.17) is 0 Å². The first-order chi connectivity index (χ1) is 17.4. The number of nitriles is 1. The number of sulfone groups is 1. The minimum Gasteiger partial charge on any atom is -0.361 e. The highest BCUT2D eigenvalue weighted by atomic mass is 32.2. The number of carbonyl (C=O) groups is 1. The second-order valence-corrected chi connectivity index (χ2v) is 11.4. The van der Waals surface area contributed by atoms with E-state index in [9.17, 15) is 36.0 Å². The number of fused-ring (bicyclic) bond motifs is 1. The number of halogens is 4. The van der Waals surface area contributed by atoms with Gasteiger partial charge < -0.3 is 10.3 Å². The molecule has 37 heavy (non-hydrogen) atoms. The molecule has 1 amide bonds. The number of hydrogen-bond donors (Lipinski definition) is 3. The zero-order valence-corrected chi connectivity index (χ0v) is 20.3. The molecule has 2 atom stereocenters. The number of alkyl halides is 3. The van der Waals surface area contributed by atoms with Gasteiger partial charge in [0, 0.05) is 17.1 Å². The molecule has 0 aliphatic heterocycles. The van der Waals surface area contributed by atoms with Gasteiger partial charge in [-0.2, -0.15) is 18.4 Å². The highest BCUT2D eigenvalue weighted by molar-refractivity contribution is 7.91. The van der Waals surface area contributed by atoms with E-state index in [0.29, 0.717) is 18.4 Å². The molecule has 1 aliphatic rings. The van der Waals surface area contributed by atoms with Crippen LogP contribution < -0.4 is 10.6 Å². The standard InChI is InChI=1S/C25H24F4N4O3S/c26-18-7-5-16(6-8-18)22(25(27,28)29)32-21(23(34)33-24(15-30)10-11-24)14-37(35,36)12-9-17-13-31-20-4-2-1-3-19(17)20/h1-8,13,21-22,31-32H,9-12,14H2,(H,33,34)/t21-,22-/m0/s1. The van der Waals surface area contributed by atoms with Crippen LogP contribution >= 0.6 is 0 Å². The Morgan fingerprint density at radius 1 is 1.14 bits per heavy atom. The maximum Gasteiger partial charge on any atom is 0.407 e. The summed E-state index contributed by atoms with van der Waals surface area (Å²) >= 11 is 0. The van der Waals surface area contributed by atoms with Crippen LogP contribution in [0.3, 0.4) is 0 Å². The Hall–Kier alpha value is -3.43. The topological polar surface area (TPSA) is 115 Å². The van der Waals surface area contributed by atoms with E-state index in [1.54, 1.807) is 12.3 Å². The van der Waals surface area contributed by atoms with Crippen molar-refractivity contribution in [2.45, 2.75) is 43.1 Å². The molecule has 1 aromatic heterocycles. The van der Waals surface area contributed by atoms with E-state index in [2.05, 4.69) is 15.6 Å². The number of benzene rings is 2. The third-order valence-corrected chi connectivity index (χ3v) is 7.99. The van der Waals surface area contributed by atoms with Crippen molar-refractivity contribution in [2.75, 3.05) is 11.5 Å². The Kier molecular flexibility index (Phi) is 7.30. The molecule has 0 saturated heterocycles. The monoisotopic (exact) mass is 536 g/mol. The fourth-order valence-electron chi connectivity index (χ4n) is 4.09. The number of nitrogens with one attached hydrogen (secondary N) is 3. The molecular weight excluding hydrogens is 512 g/mol. The number of rotatable bonds is 10. The molecule has 3 N–H and O–H groups in total. The average molecular weight is 537 g/mol. The van der Waals surface area contributed by atoms with Crippen molar-refractivity contribution in [1.82, 2.24) is 15.6 Å². The molecule has 3 aromatic rings. The first-order valence-corrected chi connectivity index (χ1v) is 13.3. The van der Waals surface area contributed by atoms with E-state index in [-0.39, 0.29) is 12.0 Å². The Balaban J connectivity index is 1.56. The molecule has 1 aliphatic carbocycles. The number of nitrogens with zero attached hydrogens (tertiary/aromatic N) is 1. The molecule has 2 aromatic carbocycles. The normalized spacial score (nSPS) is 16.6. The summed E-state index contributed by atoms with van der Waals surface area (Å²) in [6.07, 6.45) is -2.54. The molecule has 0 radical (unpaired) electrons. The van der Waals surface area contributed by atoms with Crippen molar-refractivity contribution in [2.24, 2.45) is 0 Å². The Morgan fingerprint density at radius 3 is 2.43 bits per heavy atom. The van der Waals surface area contributed by atoms with Crippen LogP contribution in [0, 0.1) is 17.1 Å². The van der Waals surface area contributed by atoms with Crippen molar-refractivity contribution in [3.63, 3.8) is 0 Å². The molecule has 12 heteroatoms. The largest absolute Gasteiger partial charge is 0.407 e. The highest BCUT2D eigenvalue weighted by Gasteiger charge is 2.48. The van der Waals surface area contributed by atoms with Crippen molar-refractivity contribution >= 4 is 26.6 Å². The van der Waals surface area contributed by atoms with Gasteiger partial charge in [0.2, 0.25) is 5.91 Å². The molecular formula is C25H24F4N4O3S. The van der Waals surface area contributed by atoms with Gasteiger partial charge in [-0.25, -0.2) is 12.8 Å². The van der Waals surface area contributed by atoms with Gasteiger partial charge in [0.05, 0.1) is 17.6 Å². The second kappa shape index (κ2) is 10.1. The number of aromatic nitrogens is 1.